The second-order valence-electron chi connectivity index (χ2n) is 5.53. The first-order valence-electron chi connectivity index (χ1n) is 7.85. The molecule has 0 aliphatic heterocycles. The molecular weight excluding hydrogens is 343 g/mol. The summed E-state index contributed by atoms with van der Waals surface area (Å²) >= 11 is 0. The van der Waals surface area contributed by atoms with Gasteiger partial charge in [-0.2, -0.15) is 0 Å². The first-order valence-corrected chi connectivity index (χ1v) is 7.85. The monoisotopic (exact) mass is 362 g/mol. The van der Waals surface area contributed by atoms with Gasteiger partial charge in [0.15, 0.2) is 17.3 Å². The maximum atomic E-state index is 13.9. The Balaban J connectivity index is 2.65. The second-order valence-corrected chi connectivity index (χ2v) is 5.53. The molecule has 0 saturated carbocycles. The van der Waals surface area contributed by atoms with Crippen LogP contribution in [0.5, 0.6) is 17.2 Å². The molecule has 2 rings (SSSR count). The van der Waals surface area contributed by atoms with E-state index in [4.69, 9.17) is 4.74 Å². The van der Waals surface area contributed by atoms with Gasteiger partial charge < -0.3 is 19.7 Å². The molecule has 0 fully saturated rings. The Morgan fingerprint density at radius 3 is 2.31 bits per heavy atom. The highest BCUT2D eigenvalue weighted by Gasteiger charge is 2.25. The van der Waals surface area contributed by atoms with E-state index in [0.717, 1.165) is 12.1 Å². The van der Waals surface area contributed by atoms with Gasteiger partial charge in [0, 0.05) is 11.6 Å². The van der Waals surface area contributed by atoms with Crippen LogP contribution >= 0.6 is 0 Å². The Morgan fingerprint density at radius 2 is 1.77 bits per heavy atom. The third-order valence-corrected chi connectivity index (χ3v) is 4.05. The highest BCUT2D eigenvalue weighted by molar-refractivity contribution is 6.12. The highest BCUT2D eigenvalue weighted by Crippen LogP contribution is 2.35. The van der Waals surface area contributed by atoms with Crippen LogP contribution in [-0.2, 0) is 22.4 Å². The van der Waals surface area contributed by atoms with Crippen LogP contribution in [0.25, 0.3) is 0 Å². The molecule has 26 heavy (non-hydrogen) atoms. The standard InChI is InChI=1S/C19H19FO6/c1-4-11-12(8-17(23)26-3)18(15(22)9-14(11)21)19(24)10-5-6-16(25-2)13(20)7-10/h5-7,9,21-22H,4,8H2,1-3H3. The van der Waals surface area contributed by atoms with Crippen LogP contribution < -0.4 is 4.74 Å². The number of carbonyl (C=O) groups is 2. The fraction of sp³-hybridized carbons (Fsp3) is 0.263. The molecule has 6 nitrogen and oxygen atoms in total. The molecule has 0 saturated heterocycles. The van der Waals surface area contributed by atoms with Crippen LogP contribution in [0.3, 0.4) is 0 Å². The Hall–Kier alpha value is -3.09. The molecule has 138 valence electrons. The summed E-state index contributed by atoms with van der Waals surface area (Å²) in [4.78, 5) is 24.6. The molecule has 2 aromatic carbocycles. The summed E-state index contributed by atoms with van der Waals surface area (Å²) in [5.41, 5.74) is 0.288. The van der Waals surface area contributed by atoms with Crippen molar-refractivity contribution >= 4 is 11.8 Å². The molecule has 7 heteroatoms. The number of phenolic OH excluding ortho intramolecular Hbond substituents is 2. The Labute approximate surface area is 149 Å². The minimum Gasteiger partial charge on any atom is -0.508 e. The van der Waals surface area contributed by atoms with Crippen molar-refractivity contribution in [2.45, 2.75) is 19.8 Å². The van der Waals surface area contributed by atoms with Crippen LogP contribution in [0.15, 0.2) is 24.3 Å². The zero-order valence-electron chi connectivity index (χ0n) is 14.6. The second kappa shape index (κ2) is 7.86. The lowest BCUT2D eigenvalue weighted by Crippen LogP contribution is -2.14. The molecule has 0 unspecified atom stereocenters. The molecule has 0 atom stereocenters. The summed E-state index contributed by atoms with van der Waals surface area (Å²) in [5.74, 6) is -2.82. The van der Waals surface area contributed by atoms with Crippen molar-refractivity contribution in [3.8, 4) is 17.2 Å². The number of phenols is 2. The van der Waals surface area contributed by atoms with Gasteiger partial charge in [-0.3, -0.25) is 9.59 Å². The number of methoxy groups -OCH3 is 2. The molecule has 2 aromatic rings. The highest BCUT2D eigenvalue weighted by atomic mass is 19.1. The summed E-state index contributed by atoms with van der Waals surface area (Å²) in [5, 5.41) is 20.3. The molecule has 0 aliphatic rings. The third kappa shape index (κ3) is 3.61. The van der Waals surface area contributed by atoms with Gasteiger partial charge in [-0.25, -0.2) is 4.39 Å². The summed E-state index contributed by atoms with van der Waals surface area (Å²) in [6.45, 7) is 1.73. The predicted molar refractivity (Wildman–Crippen MR) is 91.3 cm³/mol. The van der Waals surface area contributed by atoms with E-state index < -0.39 is 23.3 Å². The van der Waals surface area contributed by atoms with E-state index in [0.29, 0.717) is 12.0 Å². The fourth-order valence-electron chi connectivity index (χ4n) is 2.76. The molecule has 0 bridgehead atoms. The van der Waals surface area contributed by atoms with E-state index in [9.17, 15) is 24.2 Å². The van der Waals surface area contributed by atoms with Gasteiger partial charge in [0.1, 0.15) is 11.5 Å². The van der Waals surface area contributed by atoms with E-state index >= 15 is 0 Å². The molecule has 2 N–H and O–H groups in total. The maximum absolute atomic E-state index is 13.9. The van der Waals surface area contributed by atoms with E-state index in [1.54, 1.807) is 6.92 Å². The lowest BCUT2D eigenvalue weighted by molar-refractivity contribution is -0.139. The van der Waals surface area contributed by atoms with Crippen LogP contribution in [0, 0.1) is 5.82 Å². The van der Waals surface area contributed by atoms with Crippen molar-refractivity contribution in [1.29, 1.82) is 0 Å². The number of carbonyl (C=O) groups excluding carboxylic acids is 2. The van der Waals surface area contributed by atoms with Gasteiger partial charge in [0.05, 0.1) is 26.2 Å². The zero-order valence-corrected chi connectivity index (χ0v) is 14.6. The number of rotatable bonds is 6. The van der Waals surface area contributed by atoms with Crippen molar-refractivity contribution in [2.75, 3.05) is 14.2 Å². The van der Waals surface area contributed by atoms with E-state index in [1.807, 2.05) is 0 Å². The van der Waals surface area contributed by atoms with Gasteiger partial charge in [-0.15, -0.1) is 0 Å². The smallest absolute Gasteiger partial charge is 0.310 e. The van der Waals surface area contributed by atoms with Gasteiger partial charge in [-0.05, 0) is 35.7 Å². The lowest BCUT2D eigenvalue weighted by Gasteiger charge is -2.16. The Bertz CT molecular complexity index is 860. The Morgan fingerprint density at radius 1 is 1.08 bits per heavy atom. The topological polar surface area (TPSA) is 93.1 Å². The lowest BCUT2D eigenvalue weighted by atomic mass is 9.90. The normalized spacial score (nSPS) is 10.5. The van der Waals surface area contributed by atoms with Crippen molar-refractivity contribution in [1.82, 2.24) is 0 Å². The van der Waals surface area contributed by atoms with Gasteiger partial charge in [0.25, 0.3) is 0 Å². The predicted octanol–water partition coefficient (Wildman–Crippen LogP) is 2.75. The van der Waals surface area contributed by atoms with Crippen LogP contribution in [0.4, 0.5) is 4.39 Å². The quantitative estimate of drug-likeness (QED) is 0.606. The van der Waals surface area contributed by atoms with E-state index in [-0.39, 0.29) is 34.6 Å². The summed E-state index contributed by atoms with van der Waals surface area (Å²) in [6, 6.07) is 4.67. The fourth-order valence-corrected chi connectivity index (χ4v) is 2.76. The number of ketones is 1. The number of halogens is 1. The molecular formula is C19H19FO6. The Kier molecular flexibility index (Phi) is 5.82. The number of benzene rings is 2. The van der Waals surface area contributed by atoms with Gasteiger partial charge in [0.2, 0.25) is 0 Å². The van der Waals surface area contributed by atoms with Crippen molar-refractivity contribution < 1.29 is 33.7 Å². The average Bonchev–Trinajstić information content (AvgIpc) is 2.61. The van der Waals surface area contributed by atoms with Crippen molar-refractivity contribution in [3.63, 3.8) is 0 Å². The molecule has 0 aromatic heterocycles. The van der Waals surface area contributed by atoms with Crippen molar-refractivity contribution in [2.24, 2.45) is 0 Å². The van der Waals surface area contributed by atoms with E-state index in [2.05, 4.69) is 4.74 Å². The molecule has 0 amide bonds. The minimum atomic E-state index is -0.734. The number of esters is 1. The molecule has 0 radical (unpaired) electrons. The van der Waals surface area contributed by atoms with Gasteiger partial charge in [-0.1, -0.05) is 6.92 Å². The molecule has 0 spiro atoms. The van der Waals surface area contributed by atoms with Gasteiger partial charge >= 0.3 is 5.97 Å². The van der Waals surface area contributed by atoms with Crippen LogP contribution in [0.2, 0.25) is 0 Å². The molecule has 0 heterocycles. The number of hydrogen-bond acceptors (Lipinski definition) is 6. The first-order chi connectivity index (χ1) is 12.3. The maximum Gasteiger partial charge on any atom is 0.310 e. The summed E-state index contributed by atoms with van der Waals surface area (Å²) in [7, 11) is 2.49. The minimum absolute atomic E-state index is 0.0273. The summed E-state index contributed by atoms with van der Waals surface area (Å²) in [6.07, 6.45) is -0.00294. The number of hydrogen-bond donors (Lipinski definition) is 2. The molecule has 0 aliphatic carbocycles. The summed E-state index contributed by atoms with van der Waals surface area (Å²) < 4.78 is 23.4. The third-order valence-electron chi connectivity index (χ3n) is 4.05. The van der Waals surface area contributed by atoms with Crippen LogP contribution in [-0.4, -0.2) is 36.2 Å². The largest absolute Gasteiger partial charge is 0.508 e. The first kappa shape index (κ1) is 19.2. The SMILES string of the molecule is CCc1c(O)cc(O)c(C(=O)c2ccc(OC)c(F)c2)c1CC(=O)OC. The number of ether oxygens (including phenoxy) is 2. The zero-order chi connectivity index (χ0) is 19.4. The number of aromatic hydroxyl groups is 2. The average molecular weight is 362 g/mol. The van der Waals surface area contributed by atoms with Crippen molar-refractivity contribution in [3.05, 3.63) is 52.3 Å². The van der Waals surface area contributed by atoms with Crippen LogP contribution in [0.1, 0.15) is 34.0 Å². The van der Waals surface area contributed by atoms with E-state index in [1.165, 1.54) is 26.4 Å².